The molecule has 4 rings (SSSR count). The van der Waals surface area contributed by atoms with Crippen molar-refractivity contribution in [1.29, 1.82) is 0 Å². The lowest BCUT2D eigenvalue weighted by atomic mass is 10.1. The lowest BCUT2D eigenvalue weighted by Gasteiger charge is -2.24. The minimum absolute atomic E-state index is 0.191. The first kappa shape index (κ1) is 19.2. The quantitative estimate of drug-likeness (QED) is 0.411. The largest absolute Gasteiger partial charge is 0.416 e. The first-order valence-electron chi connectivity index (χ1n) is 8.40. The second-order valence-corrected chi connectivity index (χ2v) is 8.55. The van der Waals surface area contributed by atoms with Gasteiger partial charge in [0, 0.05) is 16.2 Å². The van der Waals surface area contributed by atoms with E-state index in [0.717, 1.165) is 27.6 Å². The Kier molecular flexibility index (Phi) is 5.31. The maximum absolute atomic E-state index is 13.2. The highest BCUT2D eigenvalue weighted by molar-refractivity contribution is 7.11. The number of hydrazone groups is 1. The van der Waals surface area contributed by atoms with Crippen LogP contribution in [0.5, 0.6) is 0 Å². The number of hydrogen-bond donors (Lipinski definition) is 0. The van der Waals surface area contributed by atoms with E-state index in [1.54, 1.807) is 27.7 Å². The van der Waals surface area contributed by atoms with Gasteiger partial charge in [0.15, 0.2) is 0 Å². The van der Waals surface area contributed by atoms with E-state index in [2.05, 4.69) is 5.10 Å². The highest BCUT2D eigenvalue weighted by atomic mass is 35.5. The van der Waals surface area contributed by atoms with Crippen LogP contribution in [-0.4, -0.2) is 5.71 Å². The van der Waals surface area contributed by atoms with E-state index in [-0.39, 0.29) is 16.8 Å². The SMILES string of the molecule is FC(F)(F)c1ccc(Cl)c(N2N=C(C=Cc3cccs3)CC2c2cccs2)c1. The Balaban J connectivity index is 1.73. The van der Waals surface area contributed by atoms with Crippen molar-refractivity contribution in [3.05, 3.63) is 79.6 Å². The van der Waals surface area contributed by atoms with Gasteiger partial charge in [0.05, 0.1) is 28.0 Å². The molecule has 0 saturated heterocycles. The average molecular weight is 439 g/mol. The lowest BCUT2D eigenvalue weighted by molar-refractivity contribution is -0.137. The summed E-state index contributed by atoms with van der Waals surface area (Å²) in [4.78, 5) is 2.11. The van der Waals surface area contributed by atoms with Crippen molar-refractivity contribution in [1.82, 2.24) is 0 Å². The molecule has 1 aromatic carbocycles. The van der Waals surface area contributed by atoms with Crippen LogP contribution in [0, 0.1) is 0 Å². The smallest absolute Gasteiger partial charge is 0.255 e. The third kappa shape index (κ3) is 4.01. The maximum atomic E-state index is 13.2. The van der Waals surface area contributed by atoms with Gasteiger partial charge in [-0.25, -0.2) is 0 Å². The molecule has 8 heteroatoms. The molecule has 1 aliphatic heterocycles. The number of hydrogen-bond acceptors (Lipinski definition) is 4. The summed E-state index contributed by atoms with van der Waals surface area (Å²) in [7, 11) is 0. The van der Waals surface area contributed by atoms with E-state index in [9.17, 15) is 13.2 Å². The molecule has 0 aliphatic carbocycles. The van der Waals surface area contributed by atoms with E-state index in [1.807, 2.05) is 47.2 Å². The number of nitrogens with zero attached hydrogens (tertiary/aromatic N) is 2. The second-order valence-electron chi connectivity index (χ2n) is 6.18. The molecule has 144 valence electrons. The van der Waals surface area contributed by atoms with E-state index >= 15 is 0 Å². The fraction of sp³-hybridized carbons (Fsp3) is 0.150. The number of thiophene rings is 2. The zero-order chi connectivity index (χ0) is 19.7. The highest BCUT2D eigenvalue weighted by Crippen LogP contribution is 2.42. The molecule has 1 aliphatic rings. The van der Waals surface area contributed by atoms with Crippen molar-refractivity contribution in [2.24, 2.45) is 5.10 Å². The van der Waals surface area contributed by atoms with Crippen molar-refractivity contribution in [3.63, 3.8) is 0 Å². The third-order valence-electron chi connectivity index (χ3n) is 4.31. The molecule has 3 heterocycles. The van der Waals surface area contributed by atoms with Crippen molar-refractivity contribution in [3.8, 4) is 0 Å². The van der Waals surface area contributed by atoms with Gasteiger partial charge in [-0.1, -0.05) is 23.7 Å². The highest BCUT2D eigenvalue weighted by Gasteiger charge is 2.34. The molecule has 1 unspecified atom stereocenters. The molecule has 2 nitrogen and oxygen atoms in total. The Morgan fingerprint density at radius 3 is 2.54 bits per heavy atom. The normalized spacial score (nSPS) is 17.5. The number of halogens is 4. The summed E-state index contributed by atoms with van der Waals surface area (Å²) in [6.07, 6.45) is 0.0260. The van der Waals surface area contributed by atoms with Crippen molar-refractivity contribution < 1.29 is 13.2 Å². The predicted molar refractivity (Wildman–Crippen MR) is 111 cm³/mol. The molecule has 0 radical (unpaired) electrons. The molecule has 28 heavy (non-hydrogen) atoms. The topological polar surface area (TPSA) is 15.6 Å². The zero-order valence-electron chi connectivity index (χ0n) is 14.4. The van der Waals surface area contributed by atoms with Crippen LogP contribution in [0.2, 0.25) is 5.02 Å². The van der Waals surface area contributed by atoms with Crippen LogP contribution in [-0.2, 0) is 6.18 Å². The van der Waals surface area contributed by atoms with Gasteiger partial charge in [-0.15, -0.1) is 22.7 Å². The fourth-order valence-corrected chi connectivity index (χ4v) is 4.62. The first-order valence-corrected chi connectivity index (χ1v) is 10.5. The summed E-state index contributed by atoms with van der Waals surface area (Å²) in [5.74, 6) is 0. The van der Waals surface area contributed by atoms with Crippen LogP contribution in [0.3, 0.4) is 0 Å². The summed E-state index contributed by atoms with van der Waals surface area (Å²) < 4.78 is 39.6. The van der Waals surface area contributed by atoms with Crippen LogP contribution < -0.4 is 5.01 Å². The van der Waals surface area contributed by atoms with Gasteiger partial charge in [0.25, 0.3) is 0 Å². The predicted octanol–water partition coefficient (Wildman–Crippen LogP) is 7.50. The molecule has 0 amide bonds. The number of alkyl halides is 3. The summed E-state index contributed by atoms with van der Waals surface area (Å²) in [5, 5.41) is 10.4. The Hall–Kier alpha value is -2.09. The molecular weight excluding hydrogens is 425 g/mol. The van der Waals surface area contributed by atoms with Crippen LogP contribution >= 0.6 is 34.3 Å². The Labute approximate surface area is 173 Å². The summed E-state index contributed by atoms with van der Waals surface area (Å²) in [6, 6.07) is 11.0. The van der Waals surface area contributed by atoms with E-state index in [0.29, 0.717) is 6.42 Å². The Bertz CT molecular complexity index is 1010. The molecule has 0 saturated carbocycles. The molecule has 2 aromatic heterocycles. The Morgan fingerprint density at radius 1 is 1.07 bits per heavy atom. The number of allylic oxidation sites excluding steroid dienone is 1. The van der Waals surface area contributed by atoms with E-state index in [4.69, 9.17) is 11.6 Å². The average Bonchev–Trinajstić information content (AvgIpc) is 3.40. The third-order valence-corrected chi connectivity index (χ3v) is 6.44. The van der Waals surface area contributed by atoms with E-state index in [1.165, 1.54) is 6.07 Å². The van der Waals surface area contributed by atoms with E-state index < -0.39 is 11.7 Å². The first-order chi connectivity index (χ1) is 13.4. The maximum Gasteiger partial charge on any atom is 0.416 e. The lowest BCUT2D eigenvalue weighted by Crippen LogP contribution is -2.19. The van der Waals surface area contributed by atoms with Gasteiger partial charge in [-0.3, -0.25) is 5.01 Å². The molecule has 0 fully saturated rings. The molecule has 0 bridgehead atoms. The molecule has 1 atom stereocenters. The standard InChI is InChI=1S/C20H14ClF3N2S2/c21-16-8-5-13(20(22,23)24)11-17(16)26-18(19-4-2-10-28-19)12-14(25-26)6-7-15-3-1-9-27-15/h1-11,18H,12H2. The van der Waals surface area contributed by atoms with Gasteiger partial charge in [0.1, 0.15) is 0 Å². The van der Waals surface area contributed by atoms with Crippen molar-refractivity contribution in [2.75, 3.05) is 5.01 Å². The van der Waals surface area contributed by atoms with Gasteiger partial charge in [-0.05, 0) is 53.2 Å². The Morgan fingerprint density at radius 2 is 1.86 bits per heavy atom. The fourth-order valence-electron chi connectivity index (χ4n) is 2.99. The summed E-state index contributed by atoms with van der Waals surface area (Å²) in [5.41, 5.74) is 0.310. The van der Waals surface area contributed by atoms with Crippen LogP contribution in [0.1, 0.15) is 27.8 Å². The van der Waals surface area contributed by atoms with Gasteiger partial charge in [0.2, 0.25) is 0 Å². The zero-order valence-corrected chi connectivity index (χ0v) is 16.7. The van der Waals surface area contributed by atoms with Crippen molar-refractivity contribution >= 4 is 51.7 Å². The minimum atomic E-state index is -4.44. The molecule has 0 N–H and O–H groups in total. The minimum Gasteiger partial charge on any atom is -0.255 e. The summed E-state index contributed by atoms with van der Waals surface area (Å²) >= 11 is 9.43. The molecule has 0 spiro atoms. The van der Waals surface area contributed by atoms with Gasteiger partial charge < -0.3 is 0 Å². The molecule has 3 aromatic rings. The van der Waals surface area contributed by atoms with Crippen LogP contribution in [0.25, 0.3) is 6.08 Å². The van der Waals surface area contributed by atoms with Crippen molar-refractivity contribution in [2.45, 2.75) is 18.6 Å². The van der Waals surface area contributed by atoms with Crippen LogP contribution in [0.4, 0.5) is 18.9 Å². The van der Waals surface area contributed by atoms with Gasteiger partial charge >= 0.3 is 6.18 Å². The number of benzene rings is 1. The number of anilines is 1. The molecular formula is C20H14ClF3N2S2. The summed E-state index contributed by atoms with van der Waals surface area (Å²) in [6.45, 7) is 0. The van der Waals surface area contributed by atoms with Crippen LogP contribution in [0.15, 0.2) is 64.4 Å². The van der Waals surface area contributed by atoms with Gasteiger partial charge in [-0.2, -0.15) is 18.3 Å². The monoisotopic (exact) mass is 438 g/mol. The second kappa shape index (κ2) is 7.73. The number of rotatable bonds is 4.